The van der Waals surface area contributed by atoms with Gasteiger partial charge in [-0.25, -0.2) is 4.79 Å². The number of anilines is 3. The summed E-state index contributed by atoms with van der Waals surface area (Å²) in [5.74, 6) is -0.978. The SMILES string of the molecule is CN(C)c1ccc(NC(=O)COC(=O)c2cccc(N3CCCC3=O)c2)cc1. The largest absolute Gasteiger partial charge is 0.452 e. The van der Waals surface area contributed by atoms with Gasteiger partial charge in [0.15, 0.2) is 6.61 Å². The molecule has 0 bridgehead atoms. The number of nitrogens with zero attached hydrogens (tertiary/aromatic N) is 2. The van der Waals surface area contributed by atoms with E-state index in [4.69, 9.17) is 4.74 Å². The van der Waals surface area contributed by atoms with Crippen LogP contribution in [0.25, 0.3) is 0 Å². The molecule has 3 rings (SSSR count). The summed E-state index contributed by atoms with van der Waals surface area (Å²) in [6, 6.07) is 14.0. The Bertz CT molecular complexity index is 877. The Morgan fingerprint density at radius 3 is 2.54 bits per heavy atom. The quantitative estimate of drug-likeness (QED) is 0.779. The van der Waals surface area contributed by atoms with Gasteiger partial charge in [0.1, 0.15) is 0 Å². The molecule has 2 aromatic rings. The Morgan fingerprint density at radius 2 is 1.89 bits per heavy atom. The van der Waals surface area contributed by atoms with Crippen LogP contribution in [0.1, 0.15) is 23.2 Å². The van der Waals surface area contributed by atoms with Gasteiger partial charge in [0, 0.05) is 44.1 Å². The van der Waals surface area contributed by atoms with Crippen molar-refractivity contribution in [3.63, 3.8) is 0 Å². The van der Waals surface area contributed by atoms with Crippen LogP contribution in [0.15, 0.2) is 48.5 Å². The fourth-order valence-corrected chi connectivity index (χ4v) is 2.98. The Balaban J connectivity index is 1.55. The van der Waals surface area contributed by atoms with Crippen molar-refractivity contribution >= 4 is 34.8 Å². The van der Waals surface area contributed by atoms with Crippen LogP contribution in [0.3, 0.4) is 0 Å². The van der Waals surface area contributed by atoms with Crippen LogP contribution in [0.5, 0.6) is 0 Å². The Morgan fingerprint density at radius 1 is 1.14 bits per heavy atom. The number of carbonyl (C=O) groups excluding carboxylic acids is 3. The highest BCUT2D eigenvalue weighted by molar-refractivity contribution is 5.98. The lowest BCUT2D eigenvalue weighted by Gasteiger charge is -2.16. The van der Waals surface area contributed by atoms with Crippen LogP contribution in [0.2, 0.25) is 0 Å². The van der Waals surface area contributed by atoms with E-state index in [-0.39, 0.29) is 12.5 Å². The van der Waals surface area contributed by atoms with E-state index in [1.807, 2.05) is 31.1 Å². The number of ether oxygens (including phenoxy) is 1. The molecule has 0 unspecified atom stereocenters. The molecule has 0 saturated carbocycles. The third-order valence-electron chi connectivity index (χ3n) is 4.47. The molecule has 0 aliphatic carbocycles. The predicted molar refractivity (Wildman–Crippen MR) is 108 cm³/mol. The maximum atomic E-state index is 12.3. The molecule has 0 radical (unpaired) electrons. The van der Waals surface area contributed by atoms with Crippen molar-refractivity contribution in [3.05, 3.63) is 54.1 Å². The lowest BCUT2D eigenvalue weighted by Crippen LogP contribution is -2.24. The average Bonchev–Trinajstić information content (AvgIpc) is 3.12. The fraction of sp³-hybridized carbons (Fsp3) is 0.286. The van der Waals surface area contributed by atoms with E-state index in [1.54, 1.807) is 41.3 Å². The van der Waals surface area contributed by atoms with Gasteiger partial charge in [-0.3, -0.25) is 9.59 Å². The normalized spacial score (nSPS) is 13.4. The van der Waals surface area contributed by atoms with Gasteiger partial charge in [0.25, 0.3) is 5.91 Å². The minimum Gasteiger partial charge on any atom is -0.452 e. The van der Waals surface area contributed by atoms with Crippen LogP contribution in [-0.4, -0.2) is 45.0 Å². The maximum Gasteiger partial charge on any atom is 0.338 e. The fourth-order valence-electron chi connectivity index (χ4n) is 2.98. The standard InChI is InChI=1S/C21H23N3O4/c1-23(2)17-10-8-16(9-11-17)22-19(25)14-28-21(27)15-5-3-6-18(13-15)24-12-4-7-20(24)26/h3,5-6,8-11,13H,4,7,12,14H2,1-2H3,(H,22,25). The zero-order chi connectivity index (χ0) is 20.1. The Hall–Kier alpha value is -3.35. The molecule has 0 atom stereocenters. The lowest BCUT2D eigenvalue weighted by atomic mass is 10.2. The van der Waals surface area contributed by atoms with E-state index in [9.17, 15) is 14.4 Å². The highest BCUT2D eigenvalue weighted by atomic mass is 16.5. The molecule has 0 aromatic heterocycles. The van der Waals surface area contributed by atoms with E-state index in [2.05, 4.69) is 5.32 Å². The van der Waals surface area contributed by atoms with Crippen LogP contribution in [0, 0.1) is 0 Å². The summed E-state index contributed by atoms with van der Waals surface area (Å²) in [7, 11) is 3.86. The van der Waals surface area contributed by atoms with Gasteiger partial charge in [-0.15, -0.1) is 0 Å². The van der Waals surface area contributed by atoms with Crippen LogP contribution >= 0.6 is 0 Å². The molecule has 0 spiro atoms. The molecule has 1 saturated heterocycles. The van der Waals surface area contributed by atoms with Gasteiger partial charge in [0.2, 0.25) is 5.91 Å². The number of carbonyl (C=O) groups is 3. The van der Waals surface area contributed by atoms with Gasteiger partial charge in [-0.05, 0) is 48.9 Å². The third-order valence-corrected chi connectivity index (χ3v) is 4.47. The van der Waals surface area contributed by atoms with Crippen molar-refractivity contribution in [1.82, 2.24) is 0 Å². The minimum absolute atomic E-state index is 0.0465. The second-order valence-electron chi connectivity index (χ2n) is 6.76. The number of nitrogens with one attached hydrogen (secondary N) is 1. The molecular weight excluding hydrogens is 358 g/mol. The first kappa shape index (κ1) is 19.4. The predicted octanol–water partition coefficient (Wildman–Crippen LogP) is 2.67. The maximum absolute atomic E-state index is 12.3. The monoisotopic (exact) mass is 381 g/mol. The summed E-state index contributed by atoms with van der Waals surface area (Å²) in [5.41, 5.74) is 2.62. The average molecular weight is 381 g/mol. The summed E-state index contributed by atoms with van der Waals surface area (Å²) in [4.78, 5) is 39.8. The van der Waals surface area contributed by atoms with E-state index in [0.717, 1.165) is 12.1 Å². The third kappa shape index (κ3) is 4.68. The zero-order valence-electron chi connectivity index (χ0n) is 16.0. The number of amides is 2. The second-order valence-corrected chi connectivity index (χ2v) is 6.76. The van der Waals surface area contributed by atoms with Gasteiger partial charge in [0.05, 0.1) is 5.56 Å². The van der Waals surface area contributed by atoms with Crippen LogP contribution in [-0.2, 0) is 14.3 Å². The van der Waals surface area contributed by atoms with Crippen LogP contribution < -0.4 is 15.1 Å². The van der Waals surface area contributed by atoms with E-state index in [1.165, 1.54) is 0 Å². The first-order valence-electron chi connectivity index (χ1n) is 9.09. The summed E-state index contributed by atoms with van der Waals surface area (Å²) in [6.07, 6.45) is 1.33. The van der Waals surface area contributed by atoms with Crippen molar-refractivity contribution in [2.75, 3.05) is 42.4 Å². The molecule has 28 heavy (non-hydrogen) atoms. The molecule has 2 amide bonds. The highest BCUT2D eigenvalue weighted by Gasteiger charge is 2.22. The minimum atomic E-state index is -0.605. The first-order chi connectivity index (χ1) is 13.4. The van der Waals surface area contributed by atoms with Gasteiger partial charge >= 0.3 is 5.97 Å². The first-order valence-corrected chi connectivity index (χ1v) is 9.09. The molecule has 146 valence electrons. The van der Waals surface area contributed by atoms with Crippen LogP contribution in [0.4, 0.5) is 17.1 Å². The van der Waals surface area contributed by atoms with Crippen molar-refractivity contribution in [2.24, 2.45) is 0 Å². The molecule has 1 N–H and O–H groups in total. The Labute approximate surface area is 163 Å². The van der Waals surface area contributed by atoms with Gasteiger partial charge in [-0.2, -0.15) is 0 Å². The highest BCUT2D eigenvalue weighted by Crippen LogP contribution is 2.22. The summed E-state index contributed by atoms with van der Waals surface area (Å²) in [6.45, 7) is 0.257. The smallest absolute Gasteiger partial charge is 0.338 e. The molecule has 1 aliphatic rings. The molecule has 7 heteroatoms. The summed E-state index contributed by atoms with van der Waals surface area (Å²) in [5, 5.41) is 2.69. The topological polar surface area (TPSA) is 79.0 Å². The number of esters is 1. The number of rotatable bonds is 6. The molecule has 7 nitrogen and oxygen atoms in total. The van der Waals surface area contributed by atoms with E-state index >= 15 is 0 Å². The molecular formula is C21H23N3O4. The van der Waals surface area contributed by atoms with E-state index in [0.29, 0.717) is 29.9 Å². The van der Waals surface area contributed by atoms with Crippen molar-refractivity contribution < 1.29 is 19.1 Å². The van der Waals surface area contributed by atoms with Crippen molar-refractivity contribution in [3.8, 4) is 0 Å². The second kappa shape index (κ2) is 8.56. The molecule has 1 heterocycles. The number of benzene rings is 2. The van der Waals surface area contributed by atoms with Crippen molar-refractivity contribution in [2.45, 2.75) is 12.8 Å². The van der Waals surface area contributed by atoms with Gasteiger partial charge in [-0.1, -0.05) is 6.07 Å². The number of hydrogen-bond donors (Lipinski definition) is 1. The number of hydrogen-bond acceptors (Lipinski definition) is 5. The van der Waals surface area contributed by atoms with Gasteiger partial charge < -0.3 is 19.9 Å². The summed E-state index contributed by atoms with van der Waals surface area (Å²) < 4.78 is 5.11. The Kier molecular flexibility index (Phi) is 5.93. The zero-order valence-corrected chi connectivity index (χ0v) is 16.0. The summed E-state index contributed by atoms with van der Waals surface area (Å²) >= 11 is 0. The molecule has 1 fully saturated rings. The van der Waals surface area contributed by atoms with Crippen molar-refractivity contribution in [1.29, 1.82) is 0 Å². The lowest BCUT2D eigenvalue weighted by molar-refractivity contribution is -0.119. The van der Waals surface area contributed by atoms with E-state index < -0.39 is 11.9 Å². The molecule has 2 aromatic carbocycles. The molecule has 1 aliphatic heterocycles.